The number of para-hydroxylation sites is 1. The second-order valence-electron chi connectivity index (χ2n) is 11.7. The van der Waals surface area contributed by atoms with Gasteiger partial charge in [0.05, 0.1) is 18.0 Å². The topological polar surface area (TPSA) is 156 Å². The SMILES string of the molecule is CC(=O)O[C@@H]1C[C@H]2C(=O)C[C@]3(C(=O)NS(=O)(=O)CC(=O)Nc4ccccc4)C[C@@H]3/C=C\CCCCC[C@H](C)C(=O)N2C1. The van der Waals surface area contributed by atoms with E-state index in [1.54, 1.807) is 30.3 Å². The lowest BCUT2D eigenvalue weighted by molar-refractivity contribution is -0.147. The van der Waals surface area contributed by atoms with Crippen LogP contribution in [-0.4, -0.2) is 67.2 Å². The highest BCUT2D eigenvalue weighted by Gasteiger charge is 2.61. The number of anilines is 1. The van der Waals surface area contributed by atoms with E-state index in [4.69, 9.17) is 4.74 Å². The van der Waals surface area contributed by atoms with Crippen molar-refractivity contribution >= 4 is 45.2 Å². The normalized spacial score (nSPS) is 29.2. The first kappa shape index (κ1) is 31.4. The van der Waals surface area contributed by atoms with Crippen LogP contribution in [0.25, 0.3) is 0 Å². The third kappa shape index (κ3) is 7.84. The number of allylic oxidation sites excluding steroid dienone is 2. The van der Waals surface area contributed by atoms with Gasteiger partial charge >= 0.3 is 5.97 Å². The van der Waals surface area contributed by atoms with E-state index in [9.17, 15) is 32.4 Å². The highest BCUT2D eigenvalue weighted by Crippen LogP contribution is 2.57. The van der Waals surface area contributed by atoms with Crippen LogP contribution in [0.1, 0.15) is 65.2 Å². The quantitative estimate of drug-likeness (QED) is 0.372. The molecule has 3 amide bonds. The molecule has 0 bridgehead atoms. The van der Waals surface area contributed by atoms with Crippen LogP contribution in [0, 0.1) is 17.3 Å². The number of Topliss-reactive ketones (excluding diaryl/α,β-unsaturated/α-hetero) is 1. The Bertz CT molecular complexity index is 1350. The molecule has 228 valence electrons. The van der Waals surface area contributed by atoms with E-state index < -0.39 is 51.1 Å². The first-order valence-corrected chi connectivity index (χ1v) is 16.1. The van der Waals surface area contributed by atoms with Gasteiger partial charge in [0.2, 0.25) is 27.7 Å². The average Bonchev–Trinajstić information content (AvgIpc) is 3.45. The van der Waals surface area contributed by atoms with E-state index in [-0.39, 0.29) is 49.3 Å². The molecule has 1 saturated carbocycles. The van der Waals surface area contributed by atoms with Crippen LogP contribution in [0.4, 0.5) is 5.69 Å². The first-order chi connectivity index (χ1) is 19.9. The second-order valence-corrected chi connectivity index (χ2v) is 13.4. The van der Waals surface area contributed by atoms with Crippen molar-refractivity contribution in [2.75, 3.05) is 17.6 Å². The van der Waals surface area contributed by atoms with Crippen LogP contribution in [-0.2, 0) is 38.7 Å². The number of ether oxygens (including phenoxy) is 1. The Hall–Kier alpha value is -3.54. The van der Waals surface area contributed by atoms with Gasteiger partial charge in [0.15, 0.2) is 5.78 Å². The molecule has 11 nitrogen and oxygen atoms in total. The van der Waals surface area contributed by atoms with Crippen molar-refractivity contribution < 1.29 is 37.1 Å². The number of benzene rings is 1. The summed E-state index contributed by atoms with van der Waals surface area (Å²) in [5.41, 5.74) is -0.907. The van der Waals surface area contributed by atoms with Gasteiger partial charge in [-0.25, -0.2) is 8.42 Å². The van der Waals surface area contributed by atoms with Crippen molar-refractivity contribution in [3.8, 4) is 0 Å². The molecule has 0 spiro atoms. The standard InChI is InChI=1S/C30H39N3O8S/c1-20-11-7-4-3-5-8-12-22-16-30(22,17-26(35)25-15-24(41-21(2)34)18-33(25)28(20)37)29(38)32-42(39,40)19-27(36)31-23-13-9-6-10-14-23/h6,8-10,12-14,20,22,24-25H,3-5,7,11,15-19H2,1-2H3,(H,31,36)(H,32,38)/b12-8-/t20-,22-,24+,25-,30+/m0/s1. The molecule has 1 saturated heterocycles. The molecule has 2 heterocycles. The largest absolute Gasteiger partial charge is 0.461 e. The Labute approximate surface area is 246 Å². The molecular formula is C30H39N3O8S. The number of rotatable bonds is 6. The predicted molar refractivity (Wildman–Crippen MR) is 154 cm³/mol. The Morgan fingerprint density at radius 1 is 1.10 bits per heavy atom. The zero-order chi connectivity index (χ0) is 30.5. The van der Waals surface area contributed by atoms with Crippen LogP contribution < -0.4 is 10.0 Å². The number of carbonyl (C=O) groups is 5. The molecule has 0 unspecified atom stereocenters. The lowest BCUT2D eigenvalue weighted by Gasteiger charge is -2.27. The number of sulfonamides is 1. The van der Waals surface area contributed by atoms with Gasteiger partial charge in [-0.2, -0.15) is 0 Å². The third-order valence-corrected chi connectivity index (χ3v) is 9.39. The number of nitrogens with one attached hydrogen (secondary N) is 2. The van der Waals surface area contributed by atoms with Gasteiger partial charge in [0.25, 0.3) is 0 Å². The molecule has 2 aliphatic heterocycles. The number of fused-ring (bicyclic) bond motifs is 2. The number of amides is 3. The minimum Gasteiger partial charge on any atom is -0.461 e. The van der Waals surface area contributed by atoms with Gasteiger partial charge < -0.3 is 15.0 Å². The van der Waals surface area contributed by atoms with Crippen LogP contribution >= 0.6 is 0 Å². The smallest absolute Gasteiger partial charge is 0.302 e. The minimum absolute atomic E-state index is 0.0899. The molecule has 4 rings (SSSR count). The van der Waals surface area contributed by atoms with Crippen LogP contribution in [0.5, 0.6) is 0 Å². The summed E-state index contributed by atoms with van der Waals surface area (Å²) in [6.07, 6.45) is 7.38. The van der Waals surface area contributed by atoms with Crippen molar-refractivity contribution in [1.82, 2.24) is 9.62 Å². The second kappa shape index (κ2) is 13.2. The predicted octanol–water partition coefficient (Wildman–Crippen LogP) is 2.73. The summed E-state index contributed by atoms with van der Waals surface area (Å²) in [4.78, 5) is 66.1. The van der Waals surface area contributed by atoms with E-state index in [1.165, 1.54) is 11.8 Å². The number of ketones is 1. The number of hydrogen-bond donors (Lipinski definition) is 2. The maximum atomic E-state index is 13.8. The highest BCUT2D eigenvalue weighted by atomic mass is 32.2. The first-order valence-electron chi connectivity index (χ1n) is 14.5. The van der Waals surface area contributed by atoms with Crippen LogP contribution in [0.15, 0.2) is 42.5 Å². The zero-order valence-electron chi connectivity index (χ0n) is 24.0. The maximum Gasteiger partial charge on any atom is 0.302 e. The Morgan fingerprint density at radius 3 is 2.55 bits per heavy atom. The van der Waals surface area contributed by atoms with Crippen molar-refractivity contribution in [2.45, 2.75) is 77.4 Å². The van der Waals surface area contributed by atoms with Crippen LogP contribution in [0.2, 0.25) is 0 Å². The molecule has 12 heteroatoms. The number of hydrogen-bond acceptors (Lipinski definition) is 8. The molecule has 0 radical (unpaired) electrons. The molecule has 1 aliphatic carbocycles. The molecule has 3 aliphatic rings. The van der Waals surface area contributed by atoms with E-state index in [1.807, 2.05) is 23.8 Å². The van der Waals surface area contributed by atoms with E-state index in [0.717, 1.165) is 25.7 Å². The van der Waals surface area contributed by atoms with Crippen molar-refractivity contribution in [2.24, 2.45) is 17.3 Å². The van der Waals surface area contributed by atoms with Gasteiger partial charge in [-0.3, -0.25) is 28.7 Å². The van der Waals surface area contributed by atoms with Crippen LogP contribution in [0.3, 0.4) is 0 Å². The molecule has 1 aromatic carbocycles. The van der Waals surface area contributed by atoms with Crippen molar-refractivity contribution in [3.05, 3.63) is 42.5 Å². The fourth-order valence-electron chi connectivity index (χ4n) is 5.95. The molecule has 42 heavy (non-hydrogen) atoms. The summed E-state index contributed by atoms with van der Waals surface area (Å²) < 4.78 is 33.1. The summed E-state index contributed by atoms with van der Waals surface area (Å²) in [6.45, 7) is 3.18. The van der Waals surface area contributed by atoms with Gasteiger partial charge in [-0.05, 0) is 43.7 Å². The molecule has 1 aromatic rings. The molecule has 5 atom stereocenters. The van der Waals surface area contributed by atoms with Crippen molar-refractivity contribution in [3.63, 3.8) is 0 Å². The average molecular weight is 602 g/mol. The fourth-order valence-corrected chi connectivity index (χ4v) is 6.93. The van der Waals surface area contributed by atoms with E-state index in [0.29, 0.717) is 12.1 Å². The Morgan fingerprint density at radius 2 is 1.83 bits per heavy atom. The lowest BCUT2D eigenvalue weighted by atomic mass is 9.91. The number of carbonyl (C=O) groups excluding carboxylic acids is 5. The summed E-state index contributed by atoms with van der Waals surface area (Å²) in [7, 11) is -4.37. The molecule has 0 aromatic heterocycles. The molecule has 2 fully saturated rings. The Kier molecular flexibility index (Phi) is 9.85. The molecular weight excluding hydrogens is 562 g/mol. The fraction of sp³-hybridized carbons (Fsp3) is 0.567. The van der Waals surface area contributed by atoms with Gasteiger partial charge in [-0.1, -0.05) is 50.1 Å². The highest BCUT2D eigenvalue weighted by molar-refractivity contribution is 7.90. The number of esters is 1. The lowest BCUT2D eigenvalue weighted by Crippen LogP contribution is -2.46. The summed E-state index contributed by atoms with van der Waals surface area (Å²) in [5, 5.41) is 2.48. The van der Waals surface area contributed by atoms with E-state index in [2.05, 4.69) is 5.32 Å². The van der Waals surface area contributed by atoms with Gasteiger partial charge in [0, 0.05) is 31.4 Å². The van der Waals surface area contributed by atoms with Crippen molar-refractivity contribution in [1.29, 1.82) is 0 Å². The Balaban J connectivity index is 1.53. The number of nitrogens with zero attached hydrogens (tertiary/aromatic N) is 1. The molecule has 2 N–H and O–H groups in total. The summed E-state index contributed by atoms with van der Waals surface area (Å²) >= 11 is 0. The van der Waals surface area contributed by atoms with Gasteiger partial charge in [0.1, 0.15) is 11.9 Å². The van der Waals surface area contributed by atoms with E-state index >= 15 is 0 Å². The third-order valence-electron chi connectivity index (χ3n) is 8.25. The summed E-state index contributed by atoms with van der Waals surface area (Å²) in [5.74, 6) is -4.41. The summed E-state index contributed by atoms with van der Waals surface area (Å²) in [6, 6.07) is 7.44. The monoisotopic (exact) mass is 601 g/mol. The minimum atomic E-state index is -4.37. The zero-order valence-corrected chi connectivity index (χ0v) is 24.9. The maximum absolute atomic E-state index is 13.8. The van der Waals surface area contributed by atoms with Gasteiger partial charge in [-0.15, -0.1) is 0 Å².